The van der Waals surface area contributed by atoms with E-state index in [0.717, 1.165) is 41.9 Å². The van der Waals surface area contributed by atoms with E-state index < -0.39 is 29.7 Å². The van der Waals surface area contributed by atoms with Gasteiger partial charge in [0, 0.05) is 29.9 Å². The number of carboxylic acid groups (broad SMARTS) is 1. The van der Waals surface area contributed by atoms with Crippen molar-refractivity contribution in [1.82, 2.24) is 14.7 Å². The van der Waals surface area contributed by atoms with Gasteiger partial charge < -0.3 is 20.1 Å². The van der Waals surface area contributed by atoms with Gasteiger partial charge in [-0.15, -0.1) is 0 Å². The van der Waals surface area contributed by atoms with Crippen LogP contribution in [0.1, 0.15) is 43.5 Å². The van der Waals surface area contributed by atoms with Gasteiger partial charge in [0.2, 0.25) is 0 Å². The first-order valence-electron chi connectivity index (χ1n) is 12.0. The van der Waals surface area contributed by atoms with Crippen LogP contribution >= 0.6 is 11.5 Å². The molecule has 37 heavy (non-hydrogen) atoms. The van der Waals surface area contributed by atoms with Crippen molar-refractivity contribution in [3.63, 3.8) is 0 Å². The van der Waals surface area contributed by atoms with Gasteiger partial charge in [-0.25, -0.2) is 19.0 Å². The highest BCUT2D eigenvalue weighted by molar-refractivity contribution is 7.09. The van der Waals surface area contributed by atoms with Crippen LogP contribution in [0.3, 0.4) is 0 Å². The molecule has 2 N–H and O–H groups in total. The Morgan fingerprint density at radius 3 is 2.54 bits per heavy atom. The van der Waals surface area contributed by atoms with Gasteiger partial charge in [0.15, 0.2) is 23.7 Å². The van der Waals surface area contributed by atoms with Gasteiger partial charge in [-0.2, -0.15) is 4.37 Å². The van der Waals surface area contributed by atoms with E-state index in [1.54, 1.807) is 13.8 Å². The maximum Gasteiger partial charge on any atom is 0.413 e. The number of hydrogen-bond donors (Lipinski definition) is 2. The molecule has 3 aromatic rings. The number of anilines is 1. The first-order chi connectivity index (χ1) is 17.8. The number of ether oxygens (including phenoxy) is 1. The van der Waals surface area contributed by atoms with Crippen LogP contribution in [0.4, 0.5) is 14.9 Å². The Balaban J connectivity index is 1.52. The molecule has 194 valence electrons. The van der Waals surface area contributed by atoms with E-state index in [0.29, 0.717) is 29.1 Å². The number of amides is 1. The number of benzene rings is 2. The van der Waals surface area contributed by atoms with Gasteiger partial charge in [0.05, 0.1) is 5.56 Å². The highest BCUT2D eigenvalue weighted by Gasteiger charge is 2.27. The number of hydrogen-bond acceptors (Lipinski definition) is 8. The Morgan fingerprint density at radius 2 is 1.92 bits per heavy atom. The van der Waals surface area contributed by atoms with E-state index >= 15 is 0 Å². The molecule has 2 aromatic carbocycles. The second-order valence-electron chi connectivity index (χ2n) is 8.89. The van der Waals surface area contributed by atoms with Crippen molar-refractivity contribution in [2.24, 2.45) is 5.92 Å². The van der Waals surface area contributed by atoms with Gasteiger partial charge >= 0.3 is 12.1 Å². The number of carbonyl (C=O) groups is 3. The van der Waals surface area contributed by atoms with Crippen LogP contribution in [0.25, 0.3) is 22.0 Å². The summed E-state index contributed by atoms with van der Waals surface area (Å²) >= 11 is 1.05. The molecule has 1 fully saturated rings. The second kappa shape index (κ2) is 11.5. The number of rotatable bonds is 9. The van der Waals surface area contributed by atoms with Crippen molar-refractivity contribution in [3.8, 4) is 27.7 Å². The Hall–Kier alpha value is -3.86. The zero-order chi connectivity index (χ0) is 26.5. The smallest absolute Gasteiger partial charge is 0.413 e. The zero-order valence-electron chi connectivity index (χ0n) is 20.4. The number of aldehydes is 1. The number of carboxylic acids is 1. The molecule has 0 saturated carbocycles. The standard InChI is InChI=1S/C26H27FN4O5S/c1-3-15(2)21(25(33)34)28-26(35)36-22-18(14-32)12-17(13-20(22)27)24-29-23(30-37-24)16-6-8-19(9-7-16)31-10-4-5-11-31/h6-9,12-15,21H,3-5,10-11H2,1-2H3,(H,28,35)(H,33,34). The molecule has 2 unspecified atom stereocenters. The number of nitrogens with zero attached hydrogens (tertiary/aromatic N) is 3. The summed E-state index contributed by atoms with van der Waals surface area (Å²) in [7, 11) is 0. The number of aliphatic carboxylic acids is 1. The van der Waals surface area contributed by atoms with Crippen LogP contribution in [0.15, 0.2) is 36.4 Å². The molecule has 1 saturated heterocycles. The molecule has 2 atom stereocenters. The lowest BCUT2D eigenvalue weighted by Gasteiger charge is -2.20. The summed E-state index contributed by atoms with van der Waals surface area (Å²) < 4.78 is 24.3. The maximum absolute atomic E-state index is 15.0. The van der Waals surface area contributed by atoms with Crippen molar-refractivity contribution in [2.75, 3.05) is 18.0 Å². The summed E-state index contributed by atoms with van der Waals surface area (Å²) in [5.74, 6) is -2.70. The summed E-state index contributed by atoms with van der Waals surface area (Å²) in [6.07, 6.45) is 2.06. The lowest BCUT2D eigenvalue weighted by molar-refractivity contribution is -0.140. The summed E-state index contributed by atoms with van der Waals surface area (Å²) in [5, 5.41) is 11.9. The molecule has 1 amide bonds. The molecule has 11 heteroatoms. The first-order valence-corrected chi connectivity index (χ1v) is 12.8. The molecule has 2 heterocycles. The monoisotopic (exact) mass is 526 g/mol. The first kappa shape index (κ1) is 26.2. The van der Waals surface area contributed by atoms with Gasteiger partial charge in [-0.3, -0.25) is 4.79 Å². The molecule has 0 bridgehead atoms. The van der Waals surface area contributed by atoms with Crippen LogP contribution in [-0.4, -0.2) is 51.9 Å². The fourth-order valence-corrected chi connectivity index (χ4v) is 4.79. The highest BCUT2D eigenvalue weighted by Crippen LogP contribution is 2.32. The maximum atomic E-state index is 15.0. The predicted octanol–water partition coefficient (Wildman–Crippen LogP) is 5.01. The third-order valence-corrected chi connectivity index (χ3v) is 7.18. The summed E-state index contributed by atoms with van der Waals surface area (Å²) in [6.45, 7) is 5.52. The number of halogens is 1. The number of carbonyl (C=O) groups excluding carboxylic acids is 2. The molecule has 1 aromatic heterocycles. The van der Waals surface area contributed by atoms with Crippen molar-refractivity contribution in [3.05, 3.63) is 47.8 Å². The van der Waals surface area contributed by atoms with E-state index in [1.807, 2.05) is 24.3 Å². The van der Waals surface area contributed by atoms with Crippen molar-refractivity contribution < 1.29 is 28.6 Å². The van der Waals surface area contributed by atoms with Crippen LogP contribution in [0, 0.1) is 11.7 Å². The molecule has 1 aliphatic rings. The Kier molecular flexibility index (Phi) is 8.12. The second-order valence-corrected chi connectivity index (χ2v) is 9.65. The van der Waals surface area contributed by atoms with Crippen LogP contribution in [-0.2, 0) is 4.79 Å². The van der Waals surface area contributed by atoms with Gasteiger partial charge in [-0.05, 0) is 66.7 Å². The average molecular weight is 527 g/mol. The average Bonchev–Trinajstić information content (AvgIpc) is 3.61. The predicted molar refractivity (Wildman–Crippen MR) is 138 cm³/mol. The molecule has 1 aliphatic heterocycles. The summed E-state index contributed by atoms with van der Waals surface area (Å²) in [6, 6.07) is 9.16. The van der Waals surface area contributed by atoms with E-state index in [2.05, 4.69) is 19.6 Å². The van der Waals surface area contributed by atoms with E-state index in [4.69, 9.17) is 4.74 Å². The minimum atomic E-state index is -1.24. The van der Waals surface area contributed by atoms with Gasteiger partial charge in [0.25, 0.3) is 0 Å². The molecule has 0 radical (unpaired) electrons. The highest BCUT2D eigenvalue weighted by atomic mass is 32.1. The lowest BCUT2D eigenvalue weighted by atomic mass is 10.00. The fourth-order valence-electron chi connectivity index (χ4n) is 4.12. The largest absolute Gasteiger partial charge is 0.480 e. The third kappa shape index (κ3) is 5.93. The Bertz CT molecular complexity index is 1290. The van der Waals surface area contributed by atoms with Crippen molar-refractivity contribution >= 4 is 35.6 Å². The van der Waals surface area contributed by atoms with E-state index in [1.165, 1.54) is 18.9 Å². The molecular formula is C26H27FN4O5S. The Labute approximate surface area is 217 Å². The van der Waals surface area contributed by atoms with Crippen LogP contribution in [0.2, 0.25) is 0 Å². The SMILES string of the molecule is CCC(C)C(NC(=O)Oc1c(F)cc(-c2nc(-c3ccc(N4CCCC4)cc3)ns2)cc1C=O)C(=O)O. The molecule has 0 spiro atoms. The van der Waals surface area contributed by atoms with E-state index in [-0.39, 0.29) is 11.5 Å². The minimum absolute atomic E-state index is 0.215. The lowest BCUT2D eigenvalue weighted by Crippen LogP contribution is -2.46. The normalized spacial score (nSPS) is 14.7. The Morgan fingerprint density at radius 1 is 1.22 bits per heavy atom. The van der Waals surface area contributed by atoms with Crippen LogP contribution in [0.5, 0.6) is 5.75 Å². The van der Waals surface area contributed by atoms with Crippen molar-refractivity contribution in [1.29, 1.82) is 0 Å². The van der Waals surface area contributed by atoms with E-state index in [9.17, 15) is 23.9 Å². The quantitative estimate of drug-likeness (QED) is 0.373. The van der Waals surface area contributed by atoms with Crippen LogP contribution < -0.4 is 15.0 Å². The number of nitrogens with one attached hydrogen (secondary N) is 1. The summed E-state index contributed by atoms with van der Waals surface area (Å²) in [4.78, 5) is 42.2. The van der Waals surface area contributed by atoms with Gasteiger partial charge in [-0.1, -0.05) is 20.3 Å². The zero-order valence-corrected chi connectivity index (χ0v) is 21.3. The third-order valence-electron chi connectivity index (χ3n) is 6.42. The molecular weight excluding hydrogens is 499 g/mol. The fraction of sp³-hybridized carbons (Fsp3) is 0.346. The topological polar surface area (TPSA) is 122 Å². The van der Waals surface area contributed by atoms with Crippen molar-refractivity contribution in [2.45, 2.75) is 39.2 Å². The summed E-state index contributed by atoms with van der Waals surface area (Å²) in [5.41, 5.74) is 2.04. The molecule has 0 aliphatic carbocycles. The minimum Gasteiger partial charge on any atom is -0.480 e. The number of aromatic nitrogens is 2. The molecule has 4 rings (SSSR count). The molecule has 9 nitrogen and oxygen atoms in total. The van der Waals surface area contributed by atoms with Gasteiger partial charge in [0.1, 0.15) is 11.0 Å².